The third kappa shape index (κ3) is 2.01. The smallest absolute Gasteiger partial charge is 0.224 e. The number of fused-ring (bicyclic) bond motifs is 1. The minimum atomic E-state index is 0.115. The van der Waals surface area contributed by atoms with E-state index in [0.717, 1.165) is 12.8 Å². The van der Waals surface area contributed by atoms with Gasteiger partial charge in [-0.2, -0.15) is 9.97 Å². The number of hydrogen-bond acceptors (Lipinski definition) is 6. The molecular formula is C12H16N6O. The Kier molecular flexibility index (Phi) is 2.83. The van der Waals surface area contributed by atoms with Gasteiger partial charge in [0.2, 0.25) is 5.95 Å². The lowest BCUT2D eigenvalue weighted by Gasteiger charge is -2.24. The molecule has 2 aromatic rings. The number of nitrogens with zero attached hydrogens (tertiary/aromatic N) is 4. The maximum Gasteiger partial charge on any atom is 0.224 e. The molecule has 0 spiro atoms. The molecule has 7 nitrogen and oxygen atoms in total. The second-order valence-corrected chi connectivity index (χ2v) is 4.81. The normalized spacial score (nSPS) is 23.0. The summed E-state index contributed by atoms with van der Waals surface area (Å²) in [7, 11) is 0. The standard InChI is InChI=1S/C12H16N6O/c13-10-9-11(17-12(14)16-10)18(6-15-9)8-3-1-2-7(4-8)5-19/h1,3,6-8,19H,2,4-5H2,(H4,13,14,16,17). The van der Waals surface area contributed by atoms with E-state index in [1.807, 2.05) is 4.57 Å². The van der Waals surface area contributed by atoms with E-state index in [-0.39, 0.29) is 24.5 Å². The lowest BCUT2D eigenvalue weighted by Crippen LogP contribution is -2.18. The molecule has 0 bridgehead atoms. The van der Waals surface area contributed by atoms with Crippen LogP contribution in [-0.4, -0.2) is 31.2 Å². The fourth-order valence-electron chi connectivity index (χ4n) is 2.50. The van der Waals surface area contributed by atoms with Crippen LogP contribution >= 0.6 is 0 Å². The summed E-state index contributed by atoms with van der Waals surface area (Å²) in [5.74, 6) is 0.703. The Morgan fingerprint density at radius 1 is 1.37 bits per heavy atom. The summed E-state index contributed by atoms with van der Waals surface area (Å²) < 4.78 is 1.93. The third-order valence-electron chi connectivity index (χ3n) is 3.48. The minimum absolute atomic E-state index is 0.115. The molecule has 1 aliphatic rings. The van der Waals surface area contributed by atoms with E-state index in [4.69, 9.17) is 11.5 Å². The van der Waals surface area contributed by atoms with Gasteiger partial charge in [0.15, 0.2) is 11.5 Å². The number of aliphatic hydroxyl groups is 1. The van der Waals surface area contributed by atoms with Crippen molar-refractivity contribution in [2.24, 2.45) is 5.92 Å². The first-order valence-electron chi connectivity index (χ1n) is 6.22. The predicted molar refractivity (Wildman–Crippen MR) is 72.1 cm³/mol. The molecule has 5 N–H and O–H groups in total. The summed E-state index contributed by atoms with van der Waals surface area (Å²) in [6.45, 7) is 0.187. The Morgan fingerprint density at radius 2 is 2.21 bits per heavy atom. The van der Waals surface area contributed by atoms with Crippen LogP contribution in [0.2, 0.25) is 0 Å². The van der Waals surface area contributed by atoms with Crippen LogP contribution in [0.5, 0.6) is 0 Å². The summed E-state index contributed by atoms with van der Waals surface area (Å²) in [5, 5.41) is 9.28. The van der Waals surface area contributed by atoms with E-state index >= 15 is 0 Å². The van der Waals surface area contributed by atoms with Gasteiger partial charge in [-0.25, -0.2) is 4.98 Å². The van der Waals surface area contributed by atoms with Crippen molar-refractivity contribution >= 4 is 22.9 Å². The number of nitrogens with two attached hydrogens (primary N) is 2. The van der Waals surface area contributed by atoms with Gasteiger partial charge in [0.25, 0.3) is 0 Å². The van der Waals surface area contributed by atoms with Crippen LogP contribution in [0.4, 0.5) is 11.8 Å². The number of hydrogen-bond donors (Lipinski definition) is 3. The zero-order chi connectivity index (χ0) is 13.4. The molecule has 7 heteroatoms. The van der Waals surface area contributed by atoms with Crippen LogP contribution in [0.15, 0.2) is 18.5 Å². The van der Waals surface area contributed by atoms with Gasteiger partial charge < -0.3 is 21.1 Å². The molecule has 2 heterocycles. The second kappa shape index (κ2) is 4.51. The number of rotatable bonds is 2. The molecule has 1 aliphatic carbocycles. The van der Waals surface area contributed by atoms with Crippen LogP contribution in [-0.2, 0) is 0 Å². The largest absolute Gasteiger partial charge is 0.396 e. The van der Waals surface area contributed by atoms with Crippen molar-refractivity contribution in [3.05, 3.63) is 18.5 Å². The minimum Gasteiger partial charge on any atom is -0.396 e. The molecule has 19 heavy (non-hydrogen) atoms. The van der Waals surface area contributed by atoms with Crippen LogP contribution in [0.25, 0.3) is 11.2 Å². The summed E-state index contributed by atoms with van der Waals surface area (Å²) in [6, 6.07) is 0.115. The number of allylic oxidation sites excluding steroid dienone is 2. The van der Waals surface area contributed by atoms with E-state index in [0.29, 0.717) is 17.0 Å². The fourth-order valence-corrected chi connectivity index (χ4v) is 2.50. The Labute approximate surface area is 110 Å². The van der Waals surface area contributed by atoms with Crippen molar-refractivity contribution in [2.45, 2.75) is 18.9 Å². The van der Waals surface area contributed by atoms with E-state index in [2.05, 4.69) is 27.1 Å². The first kappa shape index (κ1) is 11.9. The highest BCUT2D eigenvalue weighted by atomic mass is 16.3. The maximum absolute atomic E-state index is 9.28. The molecule has 0 amide bonds. The number of aliphatic hydroxyl groups excluding tert-OH is 1. The fraction of sp³-hybridized carbons (Fsp3) is 0.417. The lowest BCUT2D eigenvalue weighted by atomic mass is 9.91. The quantitative estimate of drug-likeness (QED) is 0.677. The van der Waals surface area contributed by atoms with Crippen molar-refractivity contribution < 1.29 is 5.11 Å². The van der Waals surface area contributed by atoms with E-state index in [1.54, 1.807) is 6.33 Å². The van der Waals surface area contributed by atoms with Gasteiger partial charge >= 0.3 is 0 Å². The Bertz CT molecular complexity index is 634. The first-order valence-corrected chi connectivity index (χ1v) is 6.22. The zero-order valence-corrected chi connectivity index (χ0v) is 10.4. The summed E-state index contributed by atoms with van der Waals surface area (Å²) >= 11 is 0. The molecule has 3 rings (SSSR count). The molecular weight excluding hydrogens is 244 g/mol. The number of anilines is 2. The van der Waals surface area contributed by atoms with E-state index in [9.17, 15) is 5.11 Å². The van der Waals surface area contributed by atoms with Crippen molar-refractivity contribution in [1.82, 2.24) is 19.5 Å². The molecule has 2 atom stereocenters. The highest BCUT2D eigenvalue weighted by molar-refractivity contribution is 5.82. The molecule has 0 radical (unpaired) electrons. The van der Waals surface area contributed by atoms with Gasteiger partial charge in [0, 0.05) is 6.61 Å². The highest BCUT2D eigenvalue weighted by Crippen LogP contribution is 2.30. The number of nitrogen functional groups attached to an aromatic ring is 2. The van der Waals surface area contributed by atoms with Gasteiger partial charge in [-0.15, -0.1) is 0 Å². The van der Waals surface area contributed by atoms with Gasteiger partial charge in [-0.05, 0) is 18.8 Å². The Morgan fingerprint density at radius 3 is 3.00 bits per heavy atom. The van der Waals surface area contributed by atoms with Crippen molar-refractivity contribution in [2.75, 3.05) is 18.1 Å². The molecule has 0 saturated heterocycles. The van der Waals surface area contributed by atoms with Crippen molar-refractivity contribution in [3.8, 4) is 0 Å². The summed E-state index contributed by atoms with van der Waals surface area (Å²) in [5.41, 5.74) is 12.6. The van der Waals surface area contributed by atoms with E-state index < -0.39 is 0 Å². The average molecular weight is 260 g/mol. The zero-order valence-electron chi connectivity index (χ0n) is 10.4. The molecule has 0 saturated carbocycles. The molecule has 2 aromatic heterocycles. The molecule has 2 unspecified atom stereocenters. The second-order valence-electron chi connectivity index (χ2n) is 4.81. The van der Waals surface area contributed by atoms with Crippen LogP contribution in [0, 0.1) is 5.92 Å². The van der Waals surface area contributed by atoms with Gasteiger partial charge in [0.05, 0.1) is 12.4 Å². The van der Waals surface area contributed by atoms with Gasteiger partial charge in [-0.3, -0.25) is 0 Å². The van der Waals surface area contributed by atoms with E-state index in [1.165, 1.54) is 0 Å². The number of aromatic nitrogens is 4. The Hall–Kier alpha value is -2.15. The van der Waals surface area contributed by atoms with Gasteiger partial charge in [-0.1, -0.05) is 12.2 Å². The molecule has 0 aliphatic heterocycles. The Balaban J connectivity index is 2.06. The molecule has 100 valence electrons. The predicted octanol–water partition coefficient (Wildman–Crippen LogP) is 0.490. The molecule has 0 fully saturated rings. The van der Waals surface area contributed by atoms with Crippen molar-refractivity contribution in [3.63, 3.8) is 0 Å². The van der Waals surface area contributed by atoms with Crippen LogP contribution in [0.1, 0.15) is 18.9 Å². The monoisotopic (exact) mass is 260 g/mol. The highest BCUT2D eigenvalue weighted by Gasteiger charge is 2.21. The van der Waals surface area contributed by atoms with Crippen LogP contribution < -0.4 is 11.5 Å². The summed E-state index contributed by atoms with van der Waals surface area (Å²) in [6.07, 6.45) is 7.63. The molecule has 0 aromatic carbocycles. The third-order valence-corrected chi connectivity index (χ3v) is 3.48. The maximum atomic E-state index is 9.28. The SMILES string of the molecule is Nc1nc(N)c2ncn(C3C=CCC(CO)C3)c2n1. The average Bonchev–Trinajstić information content (AvgIpc) is 2.82. The van der Waals surface area contributed by atoms with Gasteiger partial charge in [0.1, 0.15) is 5.52 Å². The summed E-state index contributed by atoms with van der Waals surface area (Å²) in [4.78, 5) is 12.4. The van der Waals surface area contributed by atoms with Crippen molar-refractivity contribution in [1.29, 1.82) is 0 Å². The first-order chi connectivity index (χ1) is 9.19. The topological polar surface area (TPSA) is 116 Å². The number of imidazole rings is 1. The van der Waals surface area contributed by atoms with Crippen LogP contribution in [0.3, 0.4) is 0 Å². The lowest BCUT2D eigenvalue weighted by molar-refractivity contribution is 0.204.